The summed E-state index contributed by atoms with van der Waals surface area (Å²) < 4.78 is 5.73. The van der Waals surface area contributed by atoms with E-state index >= 15 is 0 Å². The molecule has 0 amide bonds. The fraction of sp³-hybridized carbons (Fsp3) is 0.680. The van der Waals surface area contributed by atoms with E-state index in [1.165, 1.54) is 0 Å². The third kappa shape index (κ3) is 2.61. The molecule has 9 atom stereocenters. The predicted molar refractivity (Wildman–Crippen MR) is 115 cm³/mol. The lowest BCUT2D eigenvalue weighted by atomic mass is 9.58. The number of rotatable bonds is 3. The Morgan fingerprint density at radius 2 is 1.94 bits per heavy atom. The van der Waals surface area contributed by atoms with E-state index in [9.17, 15) is 24.9 Å². The highest BCUT2D eigenvalue weighted by atomic mass is 16.6. The van der Waals surface area contributed by atoms with Crippen LogP contribution in [-0.4, -0.2) is 51.5 Å². The molecule has 6 heteroatoms. The van der Waals surface area contributed by atoms with Crippen molar-refractivity contribution in [2.24, 2.45) is 34.5 Å². The number of fused-ring (bicyclic) bond motifs is 3. The second kappa shape index (κ2) is 6.87. The number of hydrogen-bond donors (Lipinski definition) is 3. The van der Waals surface area contributed by atoms with Gasteiger partial charge in [-0.3, -0.25) is 4.79 Å². The molecule has 2 fully saturated rings. The Bertz CT molecular complexity index is 913. The molecular weight excluding hydrogens is 396 g/mol. The van der Waals surface area contributed by atoms with Gasteiger partial charge in [0.25, 0.3) is 0 Å². The molecule has 0 heterocycles. The topological polar surface area (TPSA) is 104 Å². The van der Waals surface area contributed by atoms with Crippen LogP contribution in [0.2, 0.25) is 0 Å². The SMILES string of the molecule is CC=C(C)C(=O)OC1C(C)=CC23C(C)CC4C(C(C=C(C=O)C(O)C12O)C3O)C4(C)C. The molecule has 3 N–H and O–H groups in total. The van der Waals surface area contributed by atoms with Crippen molar-refractivity contribution in [3.8, 4) is 0 Å². The molecule has 0 aromatic rings. The highest BCUT2D eigenvalue weighted by molar-refractivity contribution is 5.88. The minimum atomic E-state index is -2.05. The summed E-state index contributed by atoms with van der Waals surface area (Å²) in [5.41, 5.74) is -2.31. The van der Waals surface area contributed by atoms with Crippen molar-refractivity contribution in [1.29, 1.82) is 0 Å². The van der Waals surface area contributed by atoms with Gasteiger partial charge in [0.1, 0.15) is 18.0 Å². The van der Waals surface area contributed by atoms with Gasteiger partial charge in [-0.25, -0.2) is 4.79 Å². The fourth-order valence-corrected chi connectivity index (χ4v) is 7.13. The fourth-order valence-electron chi connectivity index (χ4n) is 7.13. The van der Waals surface area contributed by atoms with Gasteiger partial charge in [0.15, 0.2) is 6.10 Å². The molecule has 0 aliphatic heterocycles. The first-order valence-corrected chi connectivity index (χ1v) is 11.2. The number of ether oxygens (including phenoxy) is 1. The Kier molecular flexibility index (Phi) is 4.97. The van der Waals surface area contributed by atoms with E-state index in [-0.39, 0.29) is 28.7 Å². The third-order valence-electron chi connectivity index (χ3n) is 9.04. The monoisotopic (exact) mass is 430 g/mol. The van der Waals surface area contributed by atoms with Crippen molar-refractivity contribution in [2.45, 2.75) is 71.9 Å². The van der Waals surface area contributed by atoms with E-state index < -0.39 is 35.3 Å². The van der Waals surface area contributed by atoms with Gasteiger partial charge >= 0.3 is 5.97 Å². The number of hydrogen-bond acceptors (Lipinski definition) is 6. The molecule has 2 saturated carbocycles. The summed E-state index contributed by atoms with van der Waals surface area (Å²) in [5.74, 6) is -0.706. The standard InChI is InChI=1S/C25H34O6/c1-7-12(2)22(29)31-21-13(3)10-24-14(4)8-17-18(23(17,5)6)16(20(24)28)9-15(11-26)19(27)25(21,24)30/h7,9-11,14,16-21,27-28,30H,8H2,1-6H3. The highest BCUT2D eigenvalue weighted by Crippen LogP contribution is 2.72. The Morgan fingerprint density at radius 1 is 1.29 bits per heavy atom. The zero-order valence-corrected chi connectivity index (χ0v) is 19.1. The summed E-state index contributed by atoms with van der Waals surface area (Å²) in [5, 5.41) is 35.4. The maximum Gasteiger partial charge on any atom is 0.334 e. The zero-order valence-electron chi connectivity index (χ0n) is 19.1. The summed E-state index contributed by atoms with van der Waals surface area (Å²) >= 11 is 0. The van der Waals surface area contributed by atoms with Gasteiger partial charge in [0, 0.05) is 17.1 Å². The summed E-state index contributed by atoms with van der Waals surface area (Å²) in [6.07, 6.45) is 2.60. The van der Waals surface area contributed by atoms with E-state index in [0.29, 0.717) is 23.4 Å². The molecule has 0 aromatic heterocycles. The van der Waals surface area contributed by atoms with Gasteiger partial charge in [-0.2, -0.15) is 0 Å². The van der Waals surface area contributed by atoms with Gasteiger partial charge in [0.05, 0.1) is 11.5 Å². The minimum absolute atomic E-state index is 0.00564. The summed E-state index contributed by atoms with van der Waals surface area (Å²) in [7, 11) is 0. The van der Waals surface area contributed by atoms with E-state index in [2.05, 4.69) is 13.8 Å². The Hall–Kier alpha value is -1.76. The molecule has 2 bridgehead atoms. The van der Waals surface area contributed by atoms with E-state index in [1.54, 1.807) is 39.0 Å². The van der Waals surface area contributed by atoms with Crippen LogP contribution in [0.5, 0.6) is 0 Å². The van der Waals surface area contributed by atoms with E-state index in [0.717, 1.165) is 6.42 Å². The summed E-state index contributed by atoms with van der Waals surface area (Å²) in [6, 6.07) is 0. The van der Waals surface area contributed by atoms with E-state index in [1.807, 2.05) is 6.92 Å². The highest BCUT2D eigenvalue weighted by Gasteiger charge is 2.76. The molecule has 1 spiro atoms. The minimum Gasteiger partial charge on any atom is -0.451 e. The number of aliphatic hydroxyl groups is 3. The first kappa shape index (κ1) is 22.4. The smallest absolute Gasteiger partial charge is 0.334 e. The van der Waals surface area contributed by atoms with Crippen LogP contribution in [0.1, 0.15) is 48.0 Å². The average Bonchev–Trinajstić information content (AvgIpc) is 3.21. The van der Waals surface area contributed by atoms with Crippen LogP contribution in [0.25, 0.3) is 0 Å². The molecule has 170 valence electrons. The first-order chi connectivity index (χ1) is 14.4. The van der Waals surface area contributed by atoms with Crippen molar-refractivity contribution in [3.05, 3.63) is 34.9 Å². The number of aldehydes is 1. The Morgan fingerprint density at radius 3 is 2.52 bits per heavy atom. The largest absolute Gasteiger partial charge is 0.451 e. The lowest BCUT2D eigenvalue weighted by molar-refractivity contribution is -0.222. The van der Waals surface area contributed by atoms with Gasteiger partial charge in [-0.15, -0.1) is 0 Å². The Balaban J connectivity index is 1.91. The van der Waals surface area contributed by atoms with Crippen LogP contribution in [-0.2, 0) is 14.3 Å². The Labute approximate surface area is 183 Å². The average molecular weight is 431 g/mol. The number of esters is 1. The maximum atomic E-state index is 12.6. The summed E-state index contributed by atoms with van der Waals surface area (Å²) in [4.78, 5) is 24.6. The second-order valence-corrected chi connectivity index (χ2v) is 10.7. The third-order valence-corrected chi connectivity index (χ3v) is 9.04. The van der Waals surface area contributed by atoms with Gasteiger partial charge in [0.2, 0.25) is 0 Å². The van der Waals surface area contributed by atoms with Crippen molar-refractivity contribution >= 4 is 12.3 Å². The lowest BCUT2D eigenvalue weighted by Gasteiger charge is -2.52. The molecular formula is C25H34O6. The number of carbonyl (C=O) groups excluding carboxylic acids is 2. The molecule has 0 radical (unpaired) electrons. The predicted octanol–water partition coefficient (Wildman–Crippen LogP) is 2.33. The molecule has 9 unspecified atom stereocenters. The van der Waals surface area contributed by atoms with Crippen molar-refractivity contribution in [1.82, 2.24) is 0 Å². The van der Waals surface area contributed by atoms with Gasteiger partial charge < -0.3 is 20.1 Å². The van der Waals surface area contributed by atoms with Crippen LogP contribution >= 0.6 is 0 Å². The molecule has 0 saturated heterocycles. The van der Waals surface area contributed by atoms with Gasteiger partial charge in [-0.05, 0) is 55.9 Å². The lowest BCUT2D eigenvalue weighted by Crippen LogP contribution is -2.66. The second-order valence-electron chi connectivity index (χ2n) is 10.7. The number of aliphatic hydroxyl groups excluding tert-OH is 2. The first-order valence-electron chi connectivity index (χ1n) is 11.2. The molecule has 31 heavy (non-hydrogen) atoms. The van der Waals surface area contributed by atoms with Crippen molar-refractivity contribution in [3.63, 3.8) is 0 Å². The molecule has 4 aliphatic carbocycles. The molecule has 4 rings (SSSR count). The van der Waals surface area contributed by atoms with Crippen LogP contribution < -0.4 is 0 Å². The summed E-state index contributed by atoms with van der Waals surface area (Å²) in [6.45, 7) is 11.4. The normalized spacial score (nSPS) is 47.8. The maximum absolute atomic E-state index is 12.6. The van der Waals surface area contributed by atoms with Crippen LogP contribution in [0.3, 0.4) is 0 Å². The van der Waals surface area contributed by atoms with Crippen molar-refractivity contribution < 1.29 is 29.6 Å². The van der Waals surface area contributed by atoms with Crippen LogP contribution in [0.4, 0.5) is 0 Å². The molecule has 6 nitrogen and oxygen atoms in total. The molecule has 4 aliphatic rings. The van der Waals surface area contributed by atoms with Gasteiger partial charge in [-0.1, -0.05) is 39.0 Å². The van der Waals surface area contributed by atoms with Crippen molar-refractivity contribution in [2.75, 3.05) is 0 Å². The number of allylic oxidation sites excluding steroid dienone is 1. The van der Waals surface area contributed by atoms with E-state index in [4.69, 9.17) is 4.74 Å². The zero-order chi connectivity index (χ0) is 23.1. The number of carbonyl (C=O) groups is 2. The quantitative estimate of drug-likeness (QED) is 0.275. The molecule has 0 aromatic carbocycles. The van der Waals surface area contributed by atoms with Crippen LogP contribution in [0.15, 0.2) is 34.9 Å². The van der Waals surface area contributed by atoms with Crippen LogP contribution in [0, 0.1) is 34.5 Å².